The van der Waals surface area contributed by atoms with E-state index < -0.39 is 0 Å². The van der Waals surface area contributed by atoms with Gasteiger partial charge in [0.2, 0.25) is 0 Å². The molecule has 1 rings (SSSR count). The molecule has 0 aromatic heterocycles. The van der Waals surface area contributed by atoms with Gasteiger partial charge in [0.25, 0.3) is 0 Å². The molecule has 0 amide bonds. The molecular formula is C18H41N4+. The molecule has 0 spiro atoms. The fourth-order valence-electron chi connectivity index (χ4n) is 3.96. The second-order valence-electron chi connectivity index (χ2n) is 8.32. The molecule has 0 saturated carbocycles. The first kappa shape index (κ1) is 19.9. The van der Waals surface area contributed by atoms with Gasteiger partial charge in [-0.05, 0) is 30.1 Å². The minimum Gasteiger partial charge on any atom is -0.357 e. The van der Waals surface area contributed by atoms with Crippen molar-refractivity contribution in [3.05, 3.63) is 0 Å². The summed E-state index contributed by atoms with van der Waals surface area (Å²) in [5, 5.41) is 0. The number of quaternary nitrogens is 1. The first-order valence-electron chi connectivity index (χ1n) is 9.33. The van der Waals surface area contributed by atoms with Gasteiger partial charge in [-0.1, -0.05) is 34.1 Å². The number of likely N-dealkylation sites (tertiary alicyclic amines) is 1. The Labute approximate surface area is 138 Å². The third kappa shape index (κ3) is 7.40. The van der Waals surface area contributed by atoms with Crippen LogP contribution in [0.2, 0.25) is 0 Å². The lowest BCUT2D eigenvalue weighted by Gasteiger charge is -2.27. The lowest BCUT2D eigenvalue weighted by Crippen LogP contribution is -2.55. The van der Waals surface area contributed by atoms with E-state index in [4.69, 9.17) is 5.73 Å². The normalized spacial score (nSPS) is 23.6. The number of hydrogen-bond donors (Lipinski definition) is 2. The van der Waals surface area contributed by atoms with Crippen LogP contribution in [-0.4, -0.2) is 62.2 Å². The fourth-order valence-corrected chi connectivity index (χ4v) is 3.96. The van der Waals surface area contributed by atoms with Crippen LogP contribution in [0.1, 0.15) is 47.0 Å². The van der Waals surface area contributed by atoms with Gasteiger partial charge in [-0.15, -0.1) is 0 Å². The Kier molecular flexibility index (Phi) is 8.91. The minimum absolute atomic E-state index is 0.451. The Morgan fingerprint density at radius 2 is 1.82 bits per heavy atom. The molecule has 0 radical (unpaired) electrons. The highest BCUT2D eigenvalue weighted by Crippen LogP contribution is 2.36. The average molecular weight is 314 g/mol. The smallest absolute Gasteiger partial charge is 0.0869 e. The quantitative estimate of drug-likeness (QED) is 0.638. The van der Waals surface area contributed by atoms with Gasteiger partial charge in [-0.25, -0.2) is 0 Å². The molecule has 22 heavy (non-hydrogen) atoms. The van der Waals surface area contributed by atoms with Crippen LogP contribution in [0.4, 0.5) is 0 Å². The summed E-state index contributed by atoms with van der Waals surface area (Å²) < 4.78 is 0. The predicted octanol–water partition coefficient (Wildman–Crippen LogP) is 1.27. The molecule has 1 saturated heterocycles. The number of rotatable bonds is 10. The standard InChI is InChI=1S/C18H40N4/c1-5-6-16-14-22(15-17(16)13-18(2,3)4)12-11-21(9-7-19)10-8-20/h16-17H,5-15,19-20H2,1-4H3/p+1. The van der Waals surface area contributed by atoms with Crippen molar-refractivity contribution in [2.75, 3.05) is 52.4 Å². The maximum Gasteiger partial charge on any atom is 0.0869 e. The van der Waals surface area contributed by atoms with Crippen molar-refractivity contribution in [3.63, 3.8) is 0 Å². The molecule has 1 aliphatic heterocycles. The van der Waals surface area contributed by atoms with Crippen LogP contribution in [0.15, 0.2) is 0 Å². The van der Waals surface area contributed by atoms with Gasteiger partial charge in [0.1, 0.15) is 0 Å². The number of nitrogens with two attached hydrogens (primary N) is 1. The zero-order valence-electron chi connectivity index (χ0n) is 15.6. The van der Waals surface area contributed by atoms with E-state index in [0.29, 0.717) is 5.41 Å². The summed E-state index contributed by atoms with van der Waals surface area (Å²) in [5.74, 6) is 1.79. The third-order valence-corrected chi connectivity index (χ3v) is 4.84. The summed E-state index contributed by atoms with van der Waals surface area (Å²) in [4.78, 5) is 5.17. The van der Waals surface area contributed by atoms with E-state index in [2.05, 4.69) is 43.2 Å². The van der Waals surface area contributed by atoms with Crippen molar-refractivity contribution in [2.24, 2.45) is 23.0 Å². The number of nitrogens with zero attached hydrogens (tertiary/aromatic N) is 2. The van der Waals surface area contributed by atoms with E-state index >= 15 is 0 Å². The predicted molar refractivity (Wildman–Crippen MR) is 95.6 cm³/mol. The zero-order chi connectivity index (χ0) is 16.6. The van der Waals surface area contributed by atoms with Crippen molar-refractivity contribution in [1.29, 1.82) is 0 Å². The topological polar surface area (TPSA) is 60.1 Å². The van der Waals surface area contributed by atoms with Crippen LogP contribution in [0.5, 0.6) is 0 Å². The molecule has 132 valence electrons. The Morgan fingerprint density at radius 3 is 2.36 bits per heavy atom. The summed E-state index contributed by atoms with van der Waals surface area (Å²) in [6.07, 6.45) is 4.07. The molecule has 4 heteroatoms. The highest BCUT2D eigenvalue weighted by atomic mass is 15.2. The largest absolute Gasteiger partial charge is 0.357 e. The fraction of sp³-hybridized carbons (Fsp3) is 1.00. The molecule has 0 aromatic carbocycles. The first-order valence-corrected chi connectivity index (χ1v) is 9.33. The summed E-state index contributed by atoms with van der Waals surface area (Å²) >= 11 is 0. The van der Waals surface area contributed by atoms with Crippen molar-refractivity contribution < 1.29 is 5.73 Å². The van der Waals surface area contributed by atoms with E-state index in [1.165, 1.54) is 38.9 Å². The second-order valence-corrected chi connectivity index (χ2v) is 8.32. The van der Waals surface area contributed by atoms with E-state index in [0.717, 1.165) is 44.6 Å². The Bertz CT molecular complexity index is 281. The summed E-state index contributed by atoms with van der Waals surface area (Å²) in [6, 6.07) is 0. The summed E-state index contributed by atoms with van der Waals surface area (Å²) in [5.41, 5.74) is 10.2. The van der Waals surface area contributed by atoms with Crippen molar-refractivity contribution >= 4 is 0 Å². The average Bonchev–Trinajstić information content (AvgIpc) is 2.77. The molecule has 1 heterocycles. The van der Waals surface area contributed by atoms with E-state index in [1.807, 2.05) is 0 Å². The zero-order valence-corrected chi connectivity index (χ0v) is 15.6. The van der Waals surface area contributed by atoms with E-state index in [9.17, 15) is 0 Å². The van der Waals surface area contributed by atoms with Crippen LogP contribution in [0, 0.1) is 17.3 Å². The van der Waals surface area contributed by atoms with Crippen LogP contribution in [0.25, 0.3) is 0 Å². The highest BCUT2D eigenvalue weighted by Gasteiger charge is 2.34. The highest BCUT2D eigenvalue weighted by molar-refractivity contribution is 4.86. The second kappa shape index (κ2) is 9.86. The lowest BCUT2D eigenvalue weighted by atomic mass is 9.79. The van der Waals surface area contributed by atoms with Gasteiger partial charge in [0, 0.05) is 45.8 Å². The molecule has 2 atom stereocenters. The minimum atomic E-state index is 0.451. The van der Waals surface area contributed by atoms with Gasteiger partial charge in [-0.3, -0.25) is 4.90 Å². The third-order valence-electron chi connectivity index (χ3n) is 4.84. The van der Waals surface area contributed by atoms with Gasteiger partial charge in [-0.2, -0.15) is 0 Å². The van der Waals surface area contributed by atoms with E-state index in [-0.39, 0.29) is 0 Å². The van der Waals surface area contributed by atoms with Gasteiger partial charge in [0.15, 0.2) is 0 Å². The Hall–Kier alpha value is -0.160. The molecule has 1 aliphatic rings. The van der Waals surface area contributed by atoms with Crippen molar-refractivity contribution in [3.8, 4) is 0 Å². The summed E-state index contributed by atoms with van der Waals surface area (Å²) in [6.45, 7) is 18.2. The van der Waals surface area contributed by atoms with Crippen molar-refractivity contribution in [1.82, 2.24) is 9.80 Å². The molecule has 0 bridgehead atoms. The lowest BCUT2D eigenvalue weighted by molar-refractivity contribution is -0.368. The van der Waals surface area contributed by atoms with Crippen molar-refractivity contribution in [2.45, 2.75) is 47.0 Å². The molecule has 0 aliphatic carbocycles. The molecule has 4 nitrogen and oxygen atoms in total. The van der Waals surface area contributed by atoms with Gasteiger partial charge >= 0.3 is 0 Å². The molecular weight excluding hydrogens is 272 g/mol. The maximum atomic E-state index is 5.72. The van der Waals surface area contributed by atoms with E-state index in [1.54, 1.807) is 0 Å². The van der Waals surface area contributed by atoms with Gasteiger partial charge in [0.05, 0.1) is 6.54 Å². The monoisotopic (exact) mass is 313 g/mol. The molecule has 0 aromatic rings. The van der Waals surface area contributed by atoms with Crippen LogP contribution >= 0.6 is 0 Å². The Morgan fingerprint density at radius 1 is 1.14 bits per heavy atom. The number of hydrogen-bond acceptors (Lipinski definition) is 3. The molecule has 2 unspecified atom stereocenters. The van der Waals surface area contributed by atoms with Crippen LogP contribution < -0.4 is 11.5 Å². The van der Waals surface area contributed by atoms with Gasteiger partial charge < -0.3 is 16.4 Å². The SMILES string of the molecule is CCCC1CN(CCN(CCN)CC[NH3+])CC1CC(C)(C)C. The first-order chi connectivity index (χ1) is 10.4. The summed E-state index contributed by atoms with van der Waals surface area (Å²) in [7, 11) is 0. The van der Waals surface area contributed by atoms with Crippen LogP contribution in [-0.2, 0) is 0 Å². The maximum absolute atomic E-state index is 5.72. The molecule has 5 N–H and O–H groups in total. The Balaban J connectivity index is 2.47. The molecule has 1 fully saturated rings. The van der Waals surface area contributed by atoms with Crippen LogP contribution in [0.3, 0.4) is 0 Å².